The van der Waals surface area contributed by atoms with Gasteiger partial charge in [-0.15, -0.1) is 6.58 Å². The van der Waals surface area contributed by atoms with Crippen molar-refractivity contribution in [1.82, 2.24) is 0 Å². The molecule has 0 bridgehead atoms. The van der Waals surface area contributed by atoms with E-state index >= 15 is 0 Å². The van der Waals surface area contributed by atoms with Gasteiger partial charge in [0.05, 0.1) is 38.1 Å². The van der Waals surface area contributed by atoms with E-state index in [1.165, 1.54) is 0 Å². The van der Waals surface area contributed by atoms with Gasteiger partial charge in [0.2, 0.25) is 0 Å². The van der Waals surface area contributed by atoms with Gasteiger partial charge in [-0.25, -0.2) is 4.79 Å². The Balaban J connectivity index is 1.40. The van der Waals surface area contributed by atoms with E-state index in [9.17, 15) is 9.59 Å². The molecule has 1 aliphatic rings. The third kappa shape index (κ3) is 10.5. The van der Waals surface area contributed by atoms with Crippen molar-refractivity contribution < 1.29 is 28.5 Å². The van der Waals surface area contributed by atoms with Gasteiger partial charge in [0.1, 0.15) is 6.10 Å². The number of allylic oxidation sites excluding steroid dienone is 1. The SMILES string of the molecule is C=CC[C@@H]1[C@@H](COCc2ccccc2)[C@H](OC(=O)c2ccc(-c3ccccc3)cc2)C[C@@H]1OCC(=C)CCCC(=O)OCCC. The number of rotatable bonds is 18. The predicted molar refractivity (Wildman–Crippen MR) is 178 cm³/mol. The summed E-state index contributed by atoms with van der Waals surface area (Å²) in [6, 6.07) is 27.6. The molecule has 1 aliphatic carbocycles. The smallest absolute Gasteiger partial charge is 0.338 e. The number of hydrogen-bond acceptors (Lipinski definition) is 6. The Morgan fingerprint density at radius 3 is 2.24 bits per heavy atom. The molecule has 6 nitrogen and oxygen atoms in total. The second-order valence-electron chi connectivity index (χ2n) is 11.6. The van der Waals surface area contributed by atoms with Crippen molar-refractivity contribution in [2.75, 3.05) is 19.8 Å². The van der Waals surface area contributed by atoms with E-state index in [0.717, 1.165) is 28.7 Å². The molecule has 4 atom stereocenters. The number of carbonyl (C=O) groups excluding carboxylic acids is 2. The van der Waals surface area contributed by atoms with Crippen LogP contribution in [0, 0.1) is 11.8 Å². The van der Waals surface area contributed by atoms with Crippen molar-refractivity contribution in [1.29, 1.82) is 0 Å². The first kappa shape index (κ1) is 33.9. The molecule has 3 aromatic carbocycles. The second kappa shape index (κ2) is 18.1. The Morgan fingerprint density at radius 1 is 0.867 bits per heavy atom. The number of ether oxygens (including phenoxy) is 4. The van der Waals surface area contributed by atoms with Gasteiger partial charge in [-0.2, -0.15) is 0 Å². The molecule has 1 fully saturated rings. The Morgan fingerprint density at radius 2 is 1.56 bits per heavy atom. The van der Waals surface area contributed by atoms with Gasteiger partial charge >= 0.3 is 11.9 Å². The zero-order valence-electron chi connectivity index (χ0n) is 26.4. The fourth-order valence-electron chi connectivity index (χ4n) is 5.80. The van der Waals surface area contributed by atoms with Crippen LogP contribution in [-0.2, 0) is 30.3 Å². The number of benzene rings is 3. The first-order valence-corrected chi connectivity index (χ1v) is 16.0. The standard InChI is InChI=1S/C39H46O6/c1-4-13-34-35(28-42-27-30-15-8-6-9-16-30)37(25-36(34)44-26-29(3)14-12-19-38(40)43-24-5-2)45-39(41)33-22-20-32(21-23-33)31-17-10-7-11-18-31/h4,6-11,15-18,20-23,34-37H,1,3,5,12-14,19,24-28H2,2H3/t34-,35-,36+,37-/m1/s1. The van der Waals surface area contributed by atoms with E-state index in [4.69, 9.17) is 18.9 Å². The Labute approximate surface area is 268 Å². The minimum Gasteiger partial charge on any atom is -0.466 e. The van der Waals surface area contributed by atoms with Gasteiger partial charge in [-0.3, -0.25) is 4.79 Å². The van der Waals surface area contributed by atoms with Crippen molar-refractivity contribution in [3.8, 4) is 11.1 Å². The molecule has 0 aromatic heterocycles. The predicted octanol–water partition coefficient (Wildman–Crippen LogP) is 8.37. The molecule has 4 rings (SSSR count). The lowest BCUT2D eigenvalue weighted by molar-refractivity contribution is -0.143. The van der Waals surface area contributed by atoms with Gasteiger partial charge in [-0.1, -0.05) is 97.9 Å². The van der Waals surface area contributed by atoms with Gasteiger partial charge < -0.3 is 18.9 Å². The summed E-state index contributed by atoms with van der Waals surface area (Å²) >= 11 is 0. The molecule has 3 aromatic rings. The van der Waals surface area contributed by atoms with Gasteiger partial charge in [0, 0.05) is 18.8 Å². The highest BCUT2D eigenvalue weighted by atomic mass is 16.6. The molecule has 6 heteroatoms. The lowest BCUT2D eigenvalue weighted by Gasteiger charge is -2.26. The zero-order valence-corrected chi connectivity index (χ0v) is 26.4. The molecule has 0 amide bonds. The Bertz CT molecular complexity index is 1350. The van der Waals surface area contributed by atoms with Crippen molar-refractivity contribution >= 4 is 11.9 Å². The fraction of sp³-hybridized carbons (Fsp3) is 0.385. The highest BCUT2D eigenvalue weighted by Gasteiger charge is 2.45. The molecule has 238 valence electrons. The van der Waals surface area contributed by atoms with Crippen LogP contribution in [0.4, 0.5) is 0 Å². The molecular formula is C39H46O6. The Kier molecular flexibility index (Phi) is 13.6. The molecule has 0 heterocycles. The maximum atomic E-state index is 13.4. The summed E-state index contributed by atoms with van der Waals surface area (Å²) < 4.78 is 24.0. The minimum absolute atomic E-state index is 0.0633. The third-order valence-electron chi connectivity index (χ3n) is 8.20. The monoisotopic (exact) mass is 610 g/mol. The van der Waals surface area contributed by atoms with E-state index in [1.807, 2.05) is 97.9 Å². The van der Waals surface area contributed by atoms with Crippen molar-refractivity contribution in [3.05, 3.63) is 121 Å². The van der Waals surface area contributed by atoms with E-state index in [0.29, 0.717) is 64.1 Å². The van der Waals surface area contributed by atoms with Crippen LogP contribution in [0.2, 0.25) is 0 Å². The molecule has 1 saturated carbocycles. The number of carbonyl (C=O) groups is 2. The summed E-state index contributed by atoms with van der Waals surface area (Å²) in [5.41, 5.74) is 4.65. The van der Waals surface area contributed by atoms with Crippen LogP contribution in [0.5, 0.6) is 0 Å². The molecule has 0 N–H and O–H groups in total. The molecule has 0 saturated heterocycles. The third-order valence-corrected chi connectivity index (χ3v) is 8.20. The maximum absolute atomic E-state index is 13.4. The van der Waals surface area contributed by atoms with Gasteiger partial charge in [0.25, 0.3) is 0 Å². The van der Waals surface area contributed by atoms with Crippen LogP contribution >= 0.6 is 0 Å². The van der Waals surface area contributed by atoms with Gasteiger partial charge in [-0.05, 0) is 60.4 Å². The summed E-state index contributed by atoms with van der Waals surface area (Å²) in [6.45, 7) is 11.9. The van der Waals surface area contributed by atoms with Gasteiger partial charge in [0.15, 0.2) is 0 Å². The highest BCUT2D eigenvalue weighted by Crippen LogP contribution is 2.40. The van der Waals surface area contributed by atoms with E-state index in [-0.39, 0.29) is 36.0 Å². The summed E-state index contributed by atoms with van der Waals surface area (Å²) in [4.78, 5) is 25.2. The molecular weight excluding hydrogens is 564 g/mol. The second-order valence-corrected chi connectivity index (χ2v) is 11.6. The summed E-state index contributed by atoms with van der Waals surface area (Å²) in [5, 5.41) is 0. The number of hydrogen-bond donors (Lipinski definition) is 0. The molecule has 0 radical (unpaired) electrons. The van der Waals surface area contributed by atoms with Crippen molar-refractivity contribution in [2.45, 2.75) is 64.3 Å². The van der Waals surface area contributed by atoms with Crippen molar-refractivity contribution in [3.63, 3.8) is 0 Å². The Hall–Kier alpha value is -4.00. The fourth-order valence-corrected chi connectivity index (χ4v) is 5.80. The van der Waals surface area contributed by atoms with E-state index < -0.39 is 0 Å². The van der Waals surface area contributed by atoms with Crippen molar-refractivity contribution in [2.24, 2.45) is 11.8 Å². The summed E-state index contributed by atoms with van der Waals surface area (Å²) in [5.74, 6) is -0.533. The van der Waals surface area contributed by atoms with Crippen LogP contribution in [-0.4, -0.2) is 44.0 Å². The van der Waals surface area contributed by atoms with E-state index in [1.54, 1.807) is 0 Å². The molecule has 45 heavy (non-hydrogen) atoms. The van der Waals surface area contributed by atoms with Crippen LogP contribution < -0.4 is 0 Å². The lowest BCUT2D eigenvalue weighted by Crippen LogP contribution is -2.30. The maximum Gasteiger partial charge on any atom is 0.338 e. The summed E-state index contributed by atoms with van der Waals surface area (Å²) in [7, 11) is 0. The average molecular weight is 611 g/mol. The average Bonchev–Trinajstić information content (AvgIpc) is 3.39. The largest absolute Gasteiger partial charge is 0.466 e. The van der Waals surface area contributed by atoms with Crippen LogP contribution in [0.3, 0.4) is 0 Å². The summed E-state index contributed by atoms with van der Waals surface area (Å²) in [6.07, 6.45) is 5.17. The minimum atomic E-state index is -0.376. The van der Waals surface area contributed by atoms with Crippen LogP contribution in [0.25, 0.3) is 11.1 Å². The quantitative estimate of drug-likeness (QED) is 0.106. The number of esters is 2. The lowest BCUT2D eigenvalue weighted by atomic mass is 9.91. The molecule has 0 unspecified atom stereocenters. The van der Waals surface area contributed by atoms with Crippen LogP contribution in [0.1, 0.15) is 61.4 Å². The molecule has 0 aliphatic heterocycles. The zero-order chi connectivity index (χ0) is 31.9. The van der Waals surface area contributed by atoms with Crippen LogP contribution in [0.15, 0.2) is 110 Å². The topological polar surface area (TPSA) is 71.1 Å². The normalized spacial score (nSPS) is 19.1. The highest BCUT2D eigenvalue weighted by molar-refractivity contribution is 5.90. The van der Waals surface area contributed by atoms with E-state index in [2.05, 4.69) is 13.2 Å². The first-order valence-electron chi connectivity index (χ1n) is 16.0. The molecule has 0 spiro atoms. The first-order chi connectivity index (χ1) is 22.0.